The number of nitrogens with zero attached hydrogens (tertiary/aromatic N) is 2. The summed E-state index contributed by atoms with van der Waals surface area (Å²) < 4.78 is 1.09. The molecule has 4 rings (SSSR count). The summed E-state index contributed by atoms with van der Waals surface area (Å²) in [5.74, 6) is 0. The summed E-state index contributed by atoms with van der Waals surface area (Å²) >= 11 is 9.39. The number of benzene rings is 1. The summed E-state index contributed by atoms with van der Waals surface area (Å²) in [5.41, 5.74) is 1.86. The molecule has 4 aromatic rings. The fraction of sp³-hybridized carbons (Fsp3) is 0. The summed E-state index contributed by atoms with van der Waals surface area (Å²) in [6.45, 7) is 0. The zero-order chi connectivity index (χ0) is 12.8. The van der Waals surface area contributed by atoms with Gasteiger partial charge in [-0.25, -0.2) is 9.97 Å². The van der Waals surface area contributed by atoms with Crippen LogP contribution in [0.3, 0.4) is 0 Å². The summed E-state index contributed by atoms with van der Waals surface area (Å²) in [6, 6.07) is 10.3. The lowest BCUT2D eigenvalue weighted by Gasteiger charge is -2.01. The van der Waals surface area contributed by atoms with Gasteiger partial charge in [0.25, 0.3) is 0 Å². The van der Waals surface area contributed by atoms with Crippen LogP contribution >= 0.6 is 34.3 Å². The maximum atomic E-state index is 6.04. The van der Waals surface area contributed by atoms with Crippen LogP contribution in [-0.2, 0) is 0 Å². The van der Waals surface area contributed by atoms with Crippen LogP contribution in [0.2, 0.25) is 5.28 Å². The lowest BCUT2D eigenvalue weighted by atomic mass is 10.1. The Hall–Kier alpha value is -1.49. The number of aromatic nitrogens is 2. The van der Waals surface area contributed by atoms with Gasteiger partial charge in [0.1, 0.15) is 5.69 Å². The highest BCUT2D eigenvalue weighted by Crippen LogP contribution is 2.39. The van der Waals surface area contributed by atoms with Gasteiger partial charge in [-0.1, -0.05) is 24.3 Å². The van der Waals surface area contributed by atoms with Crippen LogP contribution in [0.4, 0.5) is 0 Å². The highest BCUT2D eigenvalue weighted by molar-refractivity contribution is 7.19. The van der Waals surface area contributed by atoms with Gasteiger partial charge in [-0.3, -0.25) is 0 Å². The molecule has 0 atom stereocenters. The second kappa shape index (κ2) is 4.27. The first kappa shape index (κ1) is 11.3. The number of fused-ring (bicyclic) bond motifs is 2. The summed E-state index contributed by atoms with van der Waals surface area (Å²) in [6.07, 6.45) is 0. The van der Waals surface area contributed by atoms with Crippen molar-refractivity contribution in [2.75, 3.05) is 0 Å². The first-order valence-electron chi connectivity index (χ1n) is 5.70. The fourth-order valence-electron chi connectivity index (χ4n) is 2.16. The quantitative estimate of drug-likeness (QED) is 0.450. The van der Waals surface area contributed by atoms with Crippen LogP contribution in [-0.4, -0.2) is 9.97 Å². The first-order valence-corrected chi connectivity index (χ1v) is 7.84. The number of hydrogen-bond acceptors (Lipinski definition) is 4. The van der Waals surface area contributed by atoms with Crippen molar-refractivity contribution in [2.24, 2.45) is 0 Å². The molecular weight excluding hydrogens is 296 g/mol. The van der Waals surface area contributed by atoms with E-state index in [2.05, 4.69) is 27.5 Å². The molecule has 0 aliphatic rings. The van der Waals surface area contributed by atoms with Crippen molar-refractivity contribution in [3.8, 4) is 10.6 Å². The lowest BCUT2D eigenvalue weighted by Crippen LogP contribution is -1.86. The van der Waals surface area contributed by atoms with Crippen molar-refractivity contribution in [3.63, 3.8) is 0 Å². The van der Waals surface area contributed by atoms with Crippen LogP contribution in [0.5, 0.6) is 0 Å². The second-order valence-corrected chi connectivity index (χ2v) is 6.26. The first-order chi connectivity index (χ1) is 9.33. The highest BCUT2D eigenvalue weighted by Gasteiger charge is 2.14. The third kappa shape index (κ3) is 1.75. The zero-order valence-corrected chi connectivity index (χ0v) is 12.0. The number of rotatable bonds is 1. The predicted octanol–water partition coefficient (Wildman–Crippen LogP) is 5.23. The SMILES string of the molecule is Clc1nc(-c2scc3ccccc23)c2sccc2n1. The molecule has 0 saturated carbocycles. The van der Waals surface area contributed by atoms with Crippen molar-refractivity contribution in [1.29, 1.82) is 0 Å². The van der Waals surface area contributed by atoms with Crippen molar-refractivity contribution >= 4 is 55.3 Å². The molecule has 0 aliphatic carbocycles. The number of halogens is 1. The Morgan fingerprint density at radius 2 is 1.89 bits per heavy atom. The molecule has 0 fully saturated rings. The average molecular weight is 303 g/mol. The van der Waals surface area contributed by atoms with Gasteiger partial charge < -0.3 is 0 Å². The van der Waals surface area contributed by atoms with E-state index in [4.69, 9.17) is 11.6 Å². The van der Waals surface area contributed by atoms with Crippen LogP contribution in [0.1, 0.15) is 0 Å². The molecule has 0 saturated heterocycles. The molecule has 92 valence electrons. The van der Waals surface area contributed by atoms with Gasteiger partial charge in [0, 0.05) is 5.39 Å². The van der Waals surface area contributed by atoms with E-state index in [9.17, 15) is 0 Å². The van der Waals surface area contributed by atoms with E-state index >= 15 is 0 Å². The monoisotopic (exact) mass is 302 g/mol. The molecule has 0 amide bonds. The third-order valence-corrected chi connectivity index (χ3v) is 5.10. The molecule has 0 spiro atoms. The van der Waals surface area contributed by atoms with E-state index < -0.39 is 0 Å². The minimum absolute atomic E-state index is 0.304. The molecule has 5 heteroatoms. The standard InChI is InChI=1S/C14H7ClN2S2/c15-14-16-10-5-6-18-13(10)11(17-14)12-9-4-2-1-3-8(9)7-19-12/h1-7H. The Kier molecular flexibility index (Phi) is 2.55. The summed E-state index contributed by atoms with van der Waals surface area (Å²) in [5, 5.41) is 6.94. The van der Waals surface area contributed by atoms with E-state index in [1.165, 1.54) is 10.8 Å². The Bertz CT molecular complexity index is 895. The predicted molar refractivity (Wildman–Crippen MR) is 83.2 cm³/mol. The third-order valence-electron chi connectivity index (χ3n) is 3.00. The number of hydrogen-bond donors (Lipinski definition) is 0. The highest BCUT2D eigenvalue weighted by atomic mass is 35.5. The van der Waals surface area contributed by atoms with Crippen LogP contribution in [0.25, 0.3) is 31.6 Å². The van der Waals surface area contributed by atoms with Gasteiger partial charge in [-0.15, -0.1) is 22.7 Å². The Morgan fingerprint density at radius 1 is 1.00 bits per heavy atom. The molecule has 3 aromatic heterocycles. The molecule has 0 radical (unpaired) electrons. The van der Waals surface area contributed by atoms with Crippen molar-refractivity contribution in [2.45, 2.75) is 0 Å². The smallest absolute Gasteiger partial charge is 0.217 e. The van der Waals surface area contributed by atoms with E-state index in [-0.39, 0.29) is 0 Å². The minimum atomic E-state index is 0.304. The zero-order valence-electron chi connectivity index (χ0n) is 9.63. The van der Waals surface area contributed by atoms with E-state index in [0.717, 1.165) is 20.8 Å². The molecule has 0 aliphatic heterocycles. The van der Waals surface area contributed by atoms with Crippen molar-refractivity contribution in [1.82, 2.24) is 9.97 Å². The minimum Gasteiger partial charge on any atom is -0.217 e. The van der Waals surface area contributed by atoms with Gasteiger partial charge in [0.2, 0.25) is 5.28 Å². The molecule has 3 heterocycles. The van der Waals surface area contributed by atoms with Crippen LogP contribution in [0.15, 0.2) is 41.1 Å². The van der Waals surface area contributed by atoms with Crippen molar-refractivity contribution < 1.29 is 0 Å². The Balaban J connectivity index is 2.11. The van der Waals surface area contributed by atoms with Gasteiger partial charge >= 0.3 is 0 Å². The molecule has 0 unspecified atom stereocenters. The molecule has 2 nitrogen and oxygen atoms in total. The molecular formula is C14H7ClN2S2. The topological polar surface area (TPSA) is 25.8 Å². The molecule has 0 N–H and O–H groups in total. The van der Waals surface area contributed by atoms with Crippen molar-refractivity contribution in [3.05, 3.63) is 46.4 Å². The largest absolute Gasteiger partial charge is 0.223 e. The normalized spacial score (nSPS) is 11.4. The maximum absolute atomic E-state index is 6.04. The summed E-state index contributed by atoms with van der Waals surface area (Å²) in [4.78, 5) is 9.86. The second-order valence-electron chi connectivity index (χ2n) is 4.13. The molecule has 19 heavy (non-hydrogen) atoms. The van der Waals surface area contributed by atoms with Gasteiger partial charge in [0.05, 0.1) is 15.1 Å². The number of thiophene rings is 2. The fourth-order valence-corrected chi connectivity index (χ4v) is 4.25. The molecule has 0 bridgehead atoms. The van der Waals surface area contributed by atoms with Crippen LogP contribution < -0.4 is 0 Å². The van der Waals surface area contributed by atoms with E-state index in [1.807, 2.05) is 23.6 Å². The van der Waals surface area contributed by atoms with E-state index in [0.29, 0.717) is 5.28 Å². The Labute approximate surface area is 122 Å². The van der Waals surface area contributed by atoms with Gasteiger partial charge in [0.15, 0.2) is 0 Å². The van der Waals surface area contributed by atoms with Crippen LogP contribution in [0, 0.1) is 0 Å². The lowest BCUT2D eigenvalue weighted by molar-refractivity contribution is 1.24. The van der Waals surface area contributed by atoms with E-state index in [1.54, 1.807) is 22.7 Å². The van der Waals surface area contributed by atoms with Gasteiger partial charge in [-0.05, 0) is 33.8 Å². The Morgan fingerprint density at radius 3 is 2.84 bits per heavy atom. The maximum Gasteiger partial charge on any atom is 0.223 e. The average Bonchev–Trinajstić information content (AvgIpc) is 3.03. The summed E-state index contributed by atoms with van der Waals surface area (Å²) in [7, 11) is 0. The van der Waals surface area contributed by atoms with Gasteiger partial charge in [-0.2, -0.15) is 0 Å². The molecule has 1 aromatic carbocycles.